The molecule has 0 radical (unpaired) electrons. The van der Waals surface area contributed by atoms with E-state index in [4.69, 9.17) is 15.2 Å². The molecule has 2 unspecified atom stereocenters. The number of ether oxygens (including phenoxy) is 2. The van der Waals surface area contributed by atoms with Gasteiger partial charge >= 0.3 is 0 Å². The quantitative estimate of drug-likeness (QED) is 0.212. The van der Waals surface area contributed by atoms with Crippen molar-refractivity contribution in [3.05, 3.63) is 90.1 Å². The molecule has 0 saturated heterocycles. The number of aromatic nitrogens is 1. The molecule has 0 aliphatic heterocycles. The van der Waals surface area contributed by atoms with Crippen LogP contribution in [0.25, 0.3) is 10.9 Å². The van der Waals surface area contributed by atoms with Crippen LogP contribution in [0.15, 0.2) is 83.9 Å². The highest BCUT2D eigenvalue weighted by molar-refractivity contribution is 7.90. The number of hydrogen-bond acceptors (Lipinski definition) is 7. The van der Waals surface area contributed by atoms with Crippen LogP contribution >= 0.6 is 0 Å². The molecule has 4 rings (SSSR count). The molecule has 3 aromatic carbocycles. The molecular weight excluding hydrogens is 530 g/mol. The van der Waals surface area contributed by atoms with Crippen molar-refractivity contribution in [3.63, 3.8) is 0 Å². The van der Waals surface area contributed by atoms with Crippen LogP contribution < -0.4 is 20.5 Å². The number of benzene rings is 3. The van der Waals surface area contributed by atoms with Crippen molar-refractivity contribution in [1.82, 2.24) is 10.3 Å². The number of rotatable bonds is 13. The number of sulfone groups is 1. The van der Waals surface area contributed by atoms with Crippen molar-refractivity contribution in [3.8, 4) is 11.5 Å². The number of carbonyl (C=O) groups excluding carboxylic acids is 2. The first-order valence-electron chi connectivity index (χ1n) is 12.8. The Hall–Kier alpha value is -4.15. The first-order valence-corrected chi connectivity index (χ1v) is 14.7. The minimum atomic E-state index is -3.35. The van der Waals surface area contributed by atoms with Gasteiger partial charge in [-0.25, -0.2) is 8.42 Å². The van der Waals surface area contributed by atoms with Crippen LogP contribution in [0.5, 0.6) is 11.5 Å². The molecule has 0 bridgehead atoms. The minimum Gasteiger partial charge on any atom is -0.496 e. The third-order valence-electron chi connectivity index (χ3n) is 6.74. The van der Waals surface area contributed by atoms with Gasteiger partial charge in [0.1, 0.15) is 18.1 Å². The number of fused-ring (bicyclic) bond motifs is 1. The maximum atomic E-state index is 13.4. The van der Waals surface area contributed by atoms with Crippen molar-refractivity contribution < 1.29 is 27.5 Å². The Kier molecular flexibility index (Phi) is 9.23. The Morgan fingerprint density at radius 1 is 0.975 bits per heavy atom. The normalized spacial score (nSPS) is 13.0. The summed E-state index contributed by atoms with van der Waals surface area (Å²) in [4.78, 5) is 29.6. The average molecular weight is 564 g/mol. The predicted octanol–water partition coefficient (Wildman–Crippen LogP) is 3.42. The number of ketones is 1. The van der Waals surface area contributed by atoms with E-state index in [1.807, 2.05) is 54.7 Å². The lowest BCUT2D eigenvalue weighted by Gasteiger charge is -2.24. The summed E-state index contributed by atoms with van der Waals surface area (Å²) in [6.45, 7) is -0.296. The fourth-order valence-electron chi connectivity index (χ4n) is 4.54. The Labute approximate surface area is 233 Å². The Bertz CT molecular complexity index is 1580. The number of nitrogens with two attached hydrogens (primary N) is 1. The molecule has 1 amide bonds. The zero-order valence-electron chi connectivity index (χ0n) is 22.4. The van der Waals surface area contributed by atoms with Crippen molar-refractivity contribution in [2.75, 3.05) is 20.0 Å². The molecule has 40 heavy (non-hydrogen) atoms. The maximum Gasteiger partial charge on any atom is 0.221 e. The molecule has 0 fully saturated rings. The number of amides is 1. The molecule has 0 aliphatic rings. The summed E-state index contributed by atoms with van der Waals surface area (Å²) in [6, 6.07) is 21.1. The zero-order chi connectivity index (χ0) is 28.7. The van der Waals surface area contributed by atoms with Gasteiger partial charge in [-0.1, -0.05) is 36.4 Å². The molecule has 210 valence electrons. The number of H-pyrrole nitrogens is 1. The van der Waals surface area contributed by atoms with Crippen molar-refractivity contribution in [2.45, 2.75) is 30.3 Å². The van der Waals surface area contributed by atoms with Crippen LogP contribution in [0.1, 0.15) is 17.5 Å². The highest BCUT2D eigenvalue weighted by atomic mass is 32.2. The summed E-state index contributed by atoms with van der Waals surface area (Å²) in [5, 5.41) is 3.76. The first kappa shape index (κ1) is 28.8. The smallest absolute Gasteiger partial charge is 0.221 e. The van der Waals surface area contributed by atoms with Crippen molar-refractivity contribution >= 4 is 32.4 Å². The van der Waals surface area contributed by atoms with E-state index < -0.39 is 21.9 Å². The summed E-state index contributed by atoms with van der Waals surface area (Å²) in [5.74, 6) is -0.304. The molecule has 1 aromatic heterocycles. The molecule has 2 atom stereocenters. The number of aromatic amines is 1. The number of nitrogens with one attached hydrogen (secondary N) is 2. The summed E-state index contributed by atoms with van der Waals surface area (Å²) < 4.78 is 34.5. The van der Waals surface area contributed by atoms with Gasteiger partial charge < -0.3 is 25.5 Å². The predicted molar refractivity (Wildman–Crippen MR) is 153 cm³/mol. The van der Waals surface area contributed by atoms with Gasteiger partial charge in [0.05, 0.1) is 24.1 Å². The molecule has 0 saturated carbocycles. The topological polar surface area (TPSA) is 141 Å². The molecule has 4 N–H and O–H groups in total. The van der Waals surface area contributed by atoms with Crippen LogP contribution in [0.2, 0.25) is 0 Å². The SMILES string of the molecule is COc1ccccc1CCC(=O)NC(N)C(Cc1c[nH]c2ccccc12)C(=O)COc1ccc(S(C)(=O)=O)cc1. The third-order valence-corrected chi connectivity index (χ3v) is 7.86. The largest absolute Gasteiger partial charge is 0.496 e. The van der Waals surface area contributed by atoms with Crippen LogP contribution in [0.3, 0.4) is 0 Å². The Morgan fingerprint density at radius 2 is 1.68 bits per heavy atom. The lowest BCUT2D eigenvalue weighted by atomic mass is 9.92. The lowest BCUT2D eigenvalue weighted by molar-refractivity contribution is -0.127. The molecule has 1 heterocycles. The maximum absolute atomic E-state index is 13.4. The van der Waals surface area contributed by atoms with E-state index in [9.17, 15) is 18.0 Å². The van der Waals surface area contributed by atoms with E-state index in [2.05, 4.69) is 10.3 Å². The molecule has 0 aliphatic carbocycles. The van der Waals surface area contributed by atoms with E-state index in [-0.39, 0.29) is 36.0 Å². The number of methoxy groups -OCH3 is 1. The summed E-state index contributed by atoms with van der Waals surface area (Å²) in [5.41, 5.74) is 9.16. The second kappa shape index (κ2) is 12.8. The average Bonchev–Trinajstić information content (AvgIpc) is 3.36. The van der Waals surface area contributed by atoms with E-state index in [0.29, 0.717) is 17.9 Å². The van der Waals surface area contributed by atoms with E-state index in [1.165, 1.54) is 24.3 Å². The van der Waals surface area contributed by atoms with Gasteiger partial charge in [0.2, 0.25) is 5.91 Å². The highest BCUT2D eigenvalue weighted by Crippen LogP contribution is 2.23. The fourth-order valence-corrected chi connectivity index (χ4v) is 5.17. The Morgan fingerprint density at radius 3 is 2.40 bits per heavy atom. The van der Waals surface area contributed by atoms with Crippen LogP contribution in [0.4, 0.5) is 0 Å². The number of Topliss-reactive ketones (excluding diaryl/α,β-unsaturated/α-hetero) is 1. The molecular formula is C30H33N3O6S. The van der Waals surface area contributed by atoms with Gasteiger partial charge in [-0.05, 0) is 60.4 Å². The Balaban J connectivity index is 1.46. The fraction of sp³-hybridized carbons (Fsp3) is 0.267. The van der Waals surface area contributed by atoms with E-state index >= 15 is 0 Å². The first-order chi connectivity index (χ1) is 19.2. The minimum absolute atomic E-state index is 0.154. The van der Waals surface area contributed by atoms with Crippen LogP contribution in [-0.4, -0.2) is 51.2 Å². The van der Waals surface area contributed by atoms with Crippen LogP contribution in [0, 0.1) is 5.92 Å². The van der Waals surface area contributed by atoms with Crippen molar-refractivity contribution in [2.24, 2.45) is 11.7 Å². The molecule has 10 heteroatoms. The summed E-state index contributed by atoms with van der Waals surface area (Å²) in [6.07, 6.45) is 2.91. The number of aryl methyl sites for hydroxylation is 1. The summed E-state index contributed by atoms with van der Waals surface area (Å²) in [7, 11) is -1.77. The number of carbonyl (C=O) groups is 2. The van der Waals surface area contributed by atoms with E-state index in [1.54, 1.807) is 7.11 Å². The zero-order valence-corrected chi connectivity index (χ0v) is 23.2. The highest BCUT2D eigenvalue weighted by Gasteiger charge is 2.28. The second-order valence-corrected chi connectivity index (χ2v) is 11.6. The molecule has 0 spiro atoms. The number of para-hydroxylation sites is 2. The second-order valence-electron chi connectivity index (χ2n) is 9.57. The van der Waals surface area contributed by atoms with Gasteiger partial charge in [0.15, 0.2) is 15.6 Å². The lowest BCUT2D eigenvalue weighted by Crippen LogP contribution is -2.51. The van der Waals surface area contributed by atoms with Crippen molar-refractivity contribution in [1.29, 1.82) is 0 Å². The monoisotopic (exact) mass is 563 g/mol. The molecule has 9 nitrogen and oxygen atoms in total. The van der Waals surface area contributed by atoms with Gasteiger partial charge in [-0.2, -0.15) is 0 Å². The van der Waals surface area contributed by atoms with Gasteiger partial charge in [-0.15, -0.1) is 0 Å². The van der Waals surface area contributed by atoms with Gasteiger partial charge in [-0.3, -0.25) is 9.59 Å². The van der Waals surface area contributed by atoms with Crippen LogP contribution in [-0.2, 0) is 32.3 Å². The third kappa shape index (κ3) is 7.28. The van der Waals surface area contributed by atoms with Gasteiger partial charge in [0.25, 0.3) is 0 Å². The van der Waals surface area contributed by atoms with E-state index in [0.717, 1.165) is 28.3 Å². The molecule has 4 aromatic rings. The number of hydrogen-bond donors (Lipinski definition) is 3. The summed E-state index contributed by atoms with van der Waals surface area (Å²) >= 11 is 0. The van der Waals surface area contributed by atoms with Gasteiger partial charge in [0, 0.05) is 29.8 Å². The standard InChI is InChI=1S/C30H33N3O6S/c1-38-28-10-6-3-7-20(28)11-16-29(35)33-30(31)25(17-21-18-32-26-9-5-4-8-24(21)26)27(34)19-39-22-12-14-23(15-13-22)40(2,36)37/h3-10,12-15,18,25,30,32H,11,16-17,19,31H2,1-2H3,(H,33,35).